The van der Waals surface area contributed by atoms with Gasteiger partial charge in [0.15, 0.2) is 0 Å². The molecule has 0 spiro atoms. The van der Waals surface area contributed by atoms with Crippen molar-refractivity contribution in [3.05, 3.63) is 17.6 Å². The number of aliphatic imine (C=N–C) groups is 2. The molecule has 4 heterocycles. The second-order valence-electron chi connectivity index (χ2n) is 6.82. The highest BCUT2D eigenvalue weighted by atomic mass is 15.6. The lowest BCUT2D eigenvalue weighted by molar-refractivity contribution is 0.341. The fourth-order valence-corrected chi connectivity index (χ4v) is 3.57. The van der Waals surface area contributed by atoms with E-state index in [-0.39, 0.29) is 6.17 Å². The maximum Gasteiger partial charge on any atom is 0.244 e. The molecule has 8 heteroatoms. The molecule has 1 aromatic heterocycles. The first-order valence-electron chi connectivity index (χ1n) is 9.20. The summed E-state index contributed by atoms with van der Waals surface area (Å²) in [6.45, 7) is 9.18. The molecule has 1 aromatic rings. The monoisotopic (exact) mass is 342 g/mol. The van der Waals surface area contributed by atoms with Crippen molar-refractivity contribution in [3.63, 3.8) is 0 Å². The third-order valence-corrected chi connectivity index (χ3v) is 4.86. The summed E-state index contributed by atoms with van der Waals surface area (Å²) in [7, 11) is 0. The lowest BCUT2D eigenvalue weighted by atomic mass is 10.2. The van der Waals surface area contributed by atoms with Gasteiger partial charge in [-0.2, -0.15) is 4.98 Å². The molecular weight excluding hydrogens is 316 g/mol. The molecule has 3 aliphatic rings. The average molecular weight is 342 g/mol. The van der Waals surface area contributed by atoms with Gasteiger partial charge in [-0.3, -0.25) is 0 Å². The summed E-state index contributed by atoms with van der Waals surface area (Å²) < 4.78 is 2.02. The molecule has 8 nitrogen and oxygen atoms in total. The number of hydrazine groups is 1. The van der Waals surface area contributed by atoms with E-state index >= 15 is 0 Å². The number of nitrogens with zero attached hydrogens (tertiary/aromatic N) is 7. The Morgan fingerprint density at radius 3 is 2.80 bits per heavy atom. The first kappa shape index (κ1) is 16.3. The number of aromatic nitrogens is 3. The number of rotatable bonds is 5. The Hall–Kier alpha value is -2.22. The average Bonchev–Trinajstić information content (AvgIpc) is 3.31. The standard InChI is InChI=1S/C17H26N8/c1-4-24-15(20-17(22-24)23-9-5-6-10-23)8-7-14-19-16-18-12(2)11-13(3)25(16)21-14/h11,14,21H,4-10H2,1-3H3. The van der Waals surface area contributed by atoms with Crippen LogP contribution >= 0.6 is 0 Å². The molecule has 4 rings (SSSR count). The summed E-state index contributed by atoms with van der Waals surface area (Å²) >= 11 is 0. The molecule has 3 aliphatic heterocycles. The van der Waals surface area contributed by atoms with Gasteiger partial charge in [0, 0.05) is 37.5 Å². The highest BCUT2D eigenvalue weighted by molar-refractivity contribution is 6.05. The van der Waals surface area contributed by atoms with Crippen molar-refractivity contribution < 1.29 is 0 Å². The van der Waals surface area contributed by atoms with Crippen molar-refractivity contribution >= 4 is 17.6 Å². The highest BCUT2D eigenvalue weighted by Crippen LogP contribution is 2.20. The number of fused-ring (bicyclic) bond motifs is 1. The molecule has 1 fully saturated rings. The summed E-state index contributed by atoms with van der Waals surface area (Å²) in [5.74, 6) is 2.69. The van der Waals surface area contributed by atoms with E-state index in [2.05, 4.69) is 40.3 Å². The van der Waals surface area contributed by atoms with E-state index in [4.69, 9.17) is 9.98 Å². The summed E-state index contributed by atoms with van der Waals surface area (Å²) in [5, 5.41) is 6.65. The lowest BCUT2D eigenvalue weighted by Gasteiger charge is -2.23. The molecule has 1 N–H and O–H groups in total. The predicted molar refractivity (Wildman–Crippen MR) is 98.5 cm³/mol. The largest absolute Gasteiger partial charge is 0.340 e. The van der Waals surface area contributed by atoms with Crippen LogP contribution in [0.2, 0.25) is 0 Å². The minimum Gasteiger partial charge on any atom is -0.340 e. The zero-order valence-electron chi connectivity index (χ0n) is 15.2. The van der Waals surface area contributed by atoms with Gasteiger partial charge in [-0.15, -0.1) is 5.10 Å². The molecule has 1 saturated heterocycles. The summed E-state index contributed by atoms with van der Waals surface area (Å²) in [5.41, 5.74) is 5.54. The van der Waals surface area contributed by atoms with Crippen LogP contribution in [-0.2, 0) is 13.0 Å². The fraction of sp³-hybridized carbons (Fsp3) is 0.647. The third kappa shape index (κ3) is 3.18. The van der Waals surface area contributed by atoms with E-state index in [1.807, 2.05) is 16.6 Å². The van der Waals surface area contributed by atoms with E-state index in [0.29, 0.717) is 0 Å². The third-order valence-electron chi connectivity index (χ3n) is 4.86. The Balaban J connectivity index is 1.43. The lowest BCUT2D eigenvalue weighted by Crippen LogP contribution is -2.40. The fourth-order valence-electron chi connectivity index (χ4n) is 3.57. The summed E-state index contributed by atoms with van der Waals surface area (Å²) in [6, 6.07) is 0. The number of anilines is 1. The SMILES string of the molecule is CCn1nc(N2CCCC2)nc1CCC1N=C2N=C(C)C=C(C)N2N1. The number of hydrogen-bond acceptors (Lipinski definition) is 7. The number of nitrogens with one attached hydrogen (secondary N) is 1. The Bertz CT molecular complexity index is 738. The van der Waals surface area contributed by atoms with Gasteiger partial charge in [-0.05, 0) is 46.1 Å². The minimum absolute atomic E-state index is 0.0326. The van der Waals surface area contributed by atoms with Gasteiger partial charge in [0.05, 0.1) is 0 Å². The van der Waals surface area contributed by atoms with Crippen LogP contribution < -0.4 is 10.3 Å². The molecule has 25 heavy (non-hydrogen) atoms. The van der Waals surface area contributed by atoms with Crippen molar-refractivity contribution in [2.45, 2.75) is 59.2 Å². The molecule has 0 amide bonds. The molecule has 0 saturated carbocycles. The van der Waals surface area contributed by atoms with Gasteiger partial charge < -0.3 is 4.90 Å². The number of hydrogen-bond donors (Lipinski definition) is 1. The molecule has 0 radical (unpaired) electrons. The first-order valence-corrected chi connectivity index (χ1v) is 9.20. The zero-order valence-corrected chi connectivity index (χ0v) is 15.2. The van der Waals surface area contributed by atoms with Crippen molar-refractivity contribution in [3.8, 4) is 0 Å². The van der Waals surface area contributed by atoms with Crippen LogP contribution in [-0.4, -0.2) is 50.7 Å². The van der Waals surface area contributed by atoms with E-state index in [9.17, 15) is 0 Å². The van der Waals surface area contributed by atoms with Crippen LogP contribution in [0.4, 0.5) is 5.95 Å². The predicted octanol–water partition coefficient (Wildman–Crippen LogP) is 1.71. The Kier molecular flexibility index (Phi) is 4.29. The van der Waals surface area contributed by atoms with Crippen molar-refractivity contribution in [1.82, 2.24) is 25.2 Å². The van der Waals surface area contributed by atoms with Gasteiger partial charge in [-0.1, -0.05) is 0 Å². The molecule has 0 bridgehead atoms. The number of guanidine groups is 1. The molecule has 0 aromatic carbocycles. The van der Waals surface area contributed by atoms with E-state index in [1.54, 1.807) is 0 Å². The van der Waals surface area contributed by atoms with Gasteiger partial charge in [0.1, 0.15) is 12.0 Å². The van der Waals surface area contributed by atoms with Crippen LogP contribution in [0.5, 0.6) is 0 Å². The second kappa shape index (κ2) is 6.59. The summed E-state index contributed by atoms with van der Waals surface area (Å²) in [6.07, 6.45) is 6.29. The summed E-state index contributed by atoms with van der Waals surface area (Å²) in [4.78, 5) is 16.3. The topological polar surface area (TPSA) is 73.9 Å². The number of allylic oxidation sites excluding steroid dienone is 2. The second-order valence-corrected chi connectivity index (χ2v) is 6.82. The van der Waals surface area contributed by atoms with Crippen molar-refractivity contribution in [2.24, 2.45) is 9.98 Å². The van der Waals surface area contributed by atoms with Gasteiger partial charge in [0.25, 0.3) is 0 Å². The molecular formula is C17H26N8. The van der Waals surface area contributed by atoms with Crippen LogP contribution in [0, 0.1) is 0 Å². The number of aryl methyl sites for hydroxylation is 2. The first-order chi connectivity index (χ1) is 12.1. The van der Waals surface area contributed by atoms with Crippen LogP contribution in [0.3, 0.4) is 0 Å². The van der Waals surface area contributed by atoms with E-state index in [0.717, 1.165) is 61.6 Å². The Morgan fingerprint density at radius 2 is 2.04 bits per heavy atom. The maximum absolute atomic E-state index is 4.79. The smallest absolute Gasteiger partial charge is 0.244 e. The highest BCUT2D eigenvalue weighted by Gasteiger charge is 2.28. The minimum atomic E-state index is 0.0326. The van der Waals surface area contributed by atoms with Crippen LogP contribution in [0.1, 0.15) is 45.9 Å². The molecule has 134 valence electrons. The quantitative estimate of drug-likeness (QED) is 0.882. The molecule has 1 unspecified atom stereocenters. The normalized spacial score (nSPS) is 22.8. The van der Waals surface area contributed by atoms with Crippen LogP contribution in [0.15, 0.2) is 21.8 Å². The molecule has 0 aliphatic carbocycles. The van der Waals surface area contributed by atoms with E-state index < -0.39 is 0 Å². The molecule has 1 atom stereocenters. The zero-order chi connectivity index (χ0) is 17.4. The van der Waals surface area contributed by atoms with Crippen LogP contribution in [0.25, 0.3) is 0 Å². The van der Waals surface area contributed by atoms with Gasteiger partial charge >= 0.3 is 0 Å². The van der Waals surface area contributed by atoms with Gasteiger partial charge in [-0.25, -0.2) is 25.1 Å². The van der Waals surface area contributed by atoms with E-state index in [1.165, 1.54) is 12.8 Å². The Labute approximate surface area is 148 Å². The van der Waals surface area contributed by atoms with Gasteiger partial charge in [0.2, 0.25) is 11.9 Å². The van der Waals surface area contributed by atoms with Crippen molar-refractivity contribution in [2.75, 3.05) is 18.0 Å². The van der Waals surface area contributed by atoms with Crippen molar-refractivity contribution in [1.29, 1.82) is 0 Å². The Morgan fingerprint density at radius 1 is 1.24 bits per heavy atom. The maximum atomic E-state index is 4.79.